The molecule has 0 atom stereocenters. The average molecular weight is 207 g/mol. The first-order valence-electron chi connectivity index (χ1n) is 5.42. The van der Waals surface area contributed by atoms with E-state index in [1.165, 1.54) is 6.42 Å². The molecule has 1 heterocycles. The molecule has 0 amide bonds. The summed E-state index contributed by atoms with van der Waals surface area (Å²) in [5.74, 6) is 0. The second kappa shape index (κ2) is 4.47. The van der Waals surface area contributed by atoms with Crippen molar-refractivity contribution in [2.75, 3.05) is 13.1 Å². The van der Waals surface area contributed by atoms with Gasteiger partial charge in [0.25, 0.3) is 5.70 Å². The van der Waals surface area contributed by atoms with Crippen molar-refractivity contribution in [1.29, 1.82) is 0 Å². The predicted molar refractivity (Wildman–Crippen MR) is 57.5 cm³/mol. The molecular formula is C11H15N2O2. The normalized spacial score (nSPS) is 22.0. The lowest BCUT2D eigenvalue weighted by atomic mass is 10.0. The second-order valence-electron chi connectivity index (χ2n) is 3.92. The predicted octanol–water partition coefficient (Wildman–Crippen LogP) is 2.12. The highest BCUT2D eigenvalue weighted by atomic mass is 16.6. The molecule has 0 aromatic rings. The highest BCUT2D eigenvalue weighted by Crippen LogP contribution is 2.24. The Kier molecular flexibility index (Phi) is 3.04. The van der Waals surface area contributed by atoms with Crippen LogP contribution in [0.25, 0.3) is 0 Å². The second-order valence-corrected chi connectivity index (χ2v) is 3.92. The van der Waals surface area contributed by atoms with Crippen molar-refractivity contribution in [3.8, 4) is 0 Å². The highest BCUT2D eigenvalue weighted by molar-refractivity contribution is 5.30. The van der Waals surface area contributed by atoms with Crippen LogP contribution in [0.1, 0.15) is 25.7 Å². The molecule has 1 saturated heterocycles. The van der Waals surface area contributed by atoms with Crippen molar-refractivity contribution in [2.24, 2.45) is 0 Å². The smallest absolute Gasteiger partial charge is 0.273 e. The molecule has 1 fully saturated rings. The van der Waals surface area contributed by atoms with Gasteiger partial charge in [-0.2, -0.15) is 0 Å². The molecule has 0 aromatic carbocycles. The van der Waals surface area contributed by atoms with Gasteiger partial charge in [0.15, 0.2) is 0 Å². The number of likely N-dealkylation sites (tertiary alicyclic amines) is 1. The van der Waals surface area contributed by atoms with Gasteiger partial charge in [0.05, 0.1) is 11.3 Å². The summed E-state index contributed by atoms with van der Waals surface area (Å²) in [6.07, 6.45) is 9.77. The van der Waals surface area contributed by atoms with Gasteiger partial charge in [-0.3, -0.25) is 10.1 Å². The Labute approximate surface area is 89.4 Å². The van der Waals surface area contributed by atoms with Crippen LogP contribution in [0.5, 0.6) is 0 Å². The number of hydrogen-bond acceptors (Lipinski definition) is 3. The summed E-state index contributed by atoms with van der Waals surface area (Å²) in [6, 6.07) is 0. The Morgan fingerprint density at radius 3 is 2.67 bits per heavy atom. The molecule has 0 N–H and O–H groups in total. The maximum absolute atomic E-state index is 10.9. The zero-order valence-corrected chi connectivity index (χ0v) is 8.69. The Balaban J connectivity index is 2.22. The van der Waals surface area contributed by atoms with Crippen LogP contribution >= 0.6 is 0 Å². The van der Waals surface area contributed by atoms with Crippen LogP contribution in [0.4, 0.5) is 0 Å². The minimum atomic E-state index is -0.270. The van der Waals surface area contributed by atoms with Crippen molar-refractivity contribution in [3.63, 3.8) is 0 Å². The molecule has 4 heteroatoms. The fourth-order valence-electron chi connectivity index (χ4n) is 2.12. The fourth-order valence-corrected chi connectivity index (χ4v) is 2.12. The minimum Gasteiger partial charge on any atom is -0.366 e. The summed E-state index contributed by atoms with van der Waals surface area (Å²) in [6.45, 7) is 1.90. The van der Waals surface area contributed by atoms with Gasteiger partial charge in [0.2, 0.25) is 0 Å². The molecule has 1 aliphatic heterocycles. The summed E-state index contributed by atoms with van der Waals surface area (Å²) in [7, 11) is 0. The van der Waals surface area contributed by atoms with Crippen molar-refractivity contribution >= 4 is 0 Å². The highest BCUT2D eigenvalue weighted by Gasteiger charge is 2.24. The molecule has 15 heavy (non-hydrogen) atoms. The number of nitrogens with zero attached hydrogens (tertiary/aromatic N) is 2. The van der Waals surface area contributed by atoms with E-state index in [0.717, 1.165) is 31.6 Å². The van der Waals surface area contributed by atoms with Gasteiger partial charge < -0.3 is 4.90 Å². The first-order valence-corrected chi connectivity index (χ1v) is 5.42. The molecule has 0 saturated carbocycles. The molecule has 2 aliphatic rings. The maximum Gasteiger partial charge on any atom is 0.273 e. The van der Waals surface area contributed by atoms with Crippen molar-refractivity contribution < 1.29 is 4.92 Å². The lowest BCUT2D eigenvalue weighted by Gasteiger charge is -2.30. The van der Waals surface area contributed by atoms with Gasteiger partial charge in [-0.15, -0.1) is 0 Å². The van der Waals surface area contributed by atoms with Gasteiger partial charge in [-0.1, -0.05) is 6.08 Å². The van der Waals surface area contributed by atoms with Gasteiger partial charge in [0.1, 0.15) is 5.70 Å². The molecule has 0 bridgehead atoms. The zero-order chi connectivity index (χ0) is 10.7. The quantitative estimate of drug-likeness (QED) is 0.514. The van der Waals surface area contributed by atoms with E-state index in [9.17, 15) is 10.1 Å². The Morgan fingerprint density at radius 1 is 1.27 bits per heavy atom. The van der Waals surface area contributed by atoms with Gasteiger partial charge in [-0.05, 0) is 31.8 Å². The summed E-state index contributed by atoms with van der Waals surface area (Å²) in [5, 5.41) is 10.9. The average Bonchev–Trinajstić information content (AvgIpc) is 2.30. The third kappa shape index (κ3) is 2.19. The van der Waals surface area contributed by atoms with E-state index in [-0.39, 0.29) is 10.6 Å². The molecule has 0 aromatic heterocycles. The van der Waals surface area contributed by atoms with E-state index >= 15 is 0 Å². The molecule has 1 radical (unpaired) electrons. The summed E-state index contributed by atoms with van der Waals surface area (Å²) >= 11 is 0. The molecule has 4 nitrogen and oxygen atoms in total. The number of piperidine rings is 1. The third-order valence-electron chi connectivity index (χ3n) is 2.88. The maximum atomic E-state index is 10.9. The summed E-state index contributed by atoms with van der Waals surface area (Å²) < 4.78 is 0. The van der Waals surface area contributed by atoms with Crippen LogP contribution in [0.2, 0.25) is 0 Å². The molecule has 0 spiro atoms. The summed E-state index contributed by atoms with van der Waals surface area (Å²) in [5.41, 5.74) is 1.07. The Hall–Kier alpha value is -1.32. The lowest BCUT2D eigenvalue weighted by Crippen LogP contribution is -2.31. The fraction of sp³-hybridized carbons (Fsp3) is 0.545. The zero-order valence-electron chi connectivity index (χ0n) is 8.69. The van der Waals surface area contributed by atoms with E-state index < -0.39 is 0 Å². The van der Waals surface area contributed by atoms with Crippen LogP contribution in [0.15, 0.2) is 23.5 Å². The van der Waals surface area contributed by atoms with Gasteiger partial charge in [-0.25, -0.2) is 0 Å². The van der Waals surface area contributed by atoms with Crippen LogP contribution in [0, 0.1) is 16.5 Å². The Morgan fingerprint density at radius 2 is 2.00 bits per heavy atom. The summed E-state index contributed by atoms with van der Waals surface area (Å²) in [4.78, 5) is 12.7. The third-order valence-corrected chi connectivity index (χ3v) is 2.88. The molecule has 0 unspecified atom stereocenters. The number of rotatable bonds is 2. The SMILES string of the molecule is O=[N+]([O-])C1=C(N2CCCCC2)C=CC[CH]1. The molecule has 1 aliphatic carbocycles. The molecule has 81 valence electrons. The van der Waals surface area contributed by atoms with Crippen molar-refractivity contribution in [1.82, 2.24) is 4.90 Å². The number of nitro groups is 1. The Bertz CT molecular complexity index is 315. The van der Waals surface area contributed by atoms with Crippen molar-refractivity contribution in [3.05, 3.63) is 40.1 Å². The largest absolute Gasteiger partial charge is 0.366 e. The van der Waals surface area contributed by atoms with Crippen molar-refractivity contribution in [2.45, 2.75) is 25.7 Å². The van der Waals surface area contributed by atoms with Gasteiger partial charge >= 0.3 is 0 Å². The van der Waals surface area contributed by atoms with E-state index in [1.807, 2.05) is 12.2 Å². The van der Waals surface area contributed by atoms with E-state index in [0.29, 0.717) is 6.42 Å². The number of allylic oxidation sites excluding steroid dienone is 3. The van der Waals surface area contributed by atoms with E-state index in [1.54, 1.807) is 6.42 Å². The molecule has 2 rings (SSSR count). The van der Waals surface area contributed by atoms with Gasteiger partial charge in [0, 0.05) is 13.1 Å². The topological polar surface area (TPSA) is 46.4 Å². The van der Waals surface area contributed by atoms with Crippen LogP contribution in [-0.2, 0) is 0 Å². The van der Waals surface area contributed by atoms with E-state index in [4.69, 9.17) is 0 Å². The number of hydrogen-bond donors (Lipinski definition) is 0. The standard InChI is InChI=1S/C11H15N2O2/c14-13(15)11-7-3-2-6-10(11)12-8-4-1-5-9-12/h2,6-7H,1,3-5,8-9H2. The minimum absolute atomic E-state index is 0.270. The van der Waals surface area contributed by atoms with Crippen LogP contribution < -0.4 is 0 Å². The van der Waals surface area contributed by atoms with E-state index in [2.05, 4.69) is 4.90 Å². The lowest BCUT2D eigenvalue weighted by molar-refractivity contribution is -0.423. The van der Waals surface area contributed by atoms with Crippen LogP contribution in [0.3, 0.4) is 0 Å². The molecular weight excluding hydrogens is 192 g/mol. The first-order chi connectivity index (χ1) is 7.29. The van der Waals surface area contributed by atoms with Crippen LogP contribution in [-0.4, -0.2) is 22.9 Å². The first kappa shape index (κ1) is 10.2. The monoisotopic (exact) mass is 207 g/mol.